The zero-order valence-corrected chi connectivity index (χ0v) is 12.7. The van der Waals surface area contributed by atoms with Crippen molar-refractivity contribution in [3.63, 3.8) is 0 Å². The second-order valence-electron chi connectivity index (χ2n) is 4.80. The van der Waals surface area contributed by atoms with Gasteiger partial charge in [0.25, 0.3) is 0 Å². The summed E-state index contributed by atoms with van der Waals surface area (Å²) in [4.78, 5) is 0. The maximum absolute atomic E-state index is 5.98. The lowest BCUT2D eigenvalue weighted by atomic mass is 10.1. The predicted molar refractivity (Wildman–Crippen MR) is 83.8 cm³/mol. The maximum Gasteiger partial charge on any atom is 0.191 e. The number of rotatable bonds is 6. The number of aryl methyl sites for hydroxylation is 1. The Morgan fingerprint density at radius 3 is 2.65 bits per heavy atom. The monoisotopic (exact) mass is 288 g/mol. The molecule has 2 aromatic rings. The molecule has 0 fully saturated rings. The lowest BCUT2D eigenvalue weighted by Crippen LogP contribution is -2.15. The van der Waals surface area contributed by atoms with E-state index in [2.05, 4.69) is 52.5 Å². The minimum absolute atomic E-state index is 0.133. The predicted octanol–water partition coefficient (Wildman–Crippen LogP) is 2.93. The van der Waals surface area contributed by atoms with Gasteiger partial charge in [-0.3, -0.25) is 0 Å². The summed E-state index contributed by atoms with van der Waals surface area (Å²) in [6.07, 6.45) is 1.86. The average molecular weight is 288 g/mol. The van der Waals surface area contributed by atoms with Crippen molar-refractivity contribution in [2.45, 2.75) is 31.6 Å². The summed E-state index contributed by atoms with van der Waals surface area (Å²) in [5.41, 5.74) is 8.46. The molecule has 0 spiro atoms. The Kier molecular flexibility index (Phi) is 4.98. The Labute approximate surface area is 124 Å². The van der Waals surface area contributed by atoms with Crippen LogP contribution in [-0.4, -0.2) is 20.5 Å². The fraction of sp³-hybridized carbons (Fsp3) is 0.333. The van der Waals surface area contributed by atoms with Gasteiger partial charge in [-0.2, -0.15) is 0 Å². The topological polar surface area (TPSA) is 56.7 Å². The lowest BCUT2D eigenvalue weighted by molar-refractivity contribution is 0.619. The molecule has 106 valence electrons. The van der Waals surface area contributed by atoms with Gasteiger partial charge in [0.05, 0.1) is 12.6 Å². The molecule has 1 aromatic heterocycles. The first-order valence-corrected chi connectivity index (χ1v) is 7.58. The molecule has 5 heteroatoms. The molecule has 0 unspecified atom stereocenters. The molecule has 2 N–H and O–H groups in total. The van der Waals surface area contributed by atoms with Crippen LogP contribution in [0.5, 0.6) is 0 Å². The number of benzene rings is 1. The second-order valence-corrected chi connectivity index (χ2v) is 5.79. The van der Waals surface area contributed by atoms with Crippen LogP contribution in [0.3, 0.4) is 0 Å². The molecule has 0 amide bonds. The molecule has 1 atom stereocenters. The van der Waals surface area contributed by atoms with Crippen LogP contribution in [0, 0.1) is 6.92 Å². The molecule has 2 rings (SSSR count). The number of hydrogen-bond acceptors (Lipinski definition) is 4. The van der Waals surface area contributed by atoms with Crippen molar-refractivity contribution in [1.29, 1.82) is 0 Å². The van der Waals surface area contributed by atoms with Gasteiger partial charge in [0.1, 0.15) is 0 Å². The molecule has 0 bridgehead atoms. The Morgan fingerprint density at radius 2 is 2.05 bits per heavy atom. The summed E-state index contributed by atoms with van der Waals surface area (Å²) in [6.45, 7) is 8.49. The van der Waals surface area contributed by atoms with Crippen LogP contribution in [0.2, 0.25) is 0 Å². The lowest BCUT2D eigenvalue weighted by Gasteiger charge is -2.12. The van der Waals surface area contributed by atoms with Crippen molar-refractivity contribution in [3.05, 3.63) is 53.9 Å². The molecule has 1 aromatic carbocycles. The van der Waals surface area contributed by atoms with Crippen LogP contribution in [0.1, 0.15) is 29.9 Å². The molecule has 0 saturated carbocycles. The van der Waals surface area contributed by atoms with E-state index in [0.717, 1.165) is 23.3 Å². The van der Waals surface area contributed by atoms with E-state index in [4.69, 9.17) is 5.73 Å². The Balaban J connectivity index is 2.29. The van der Waals surface area contributed by atoms with Gasteiger partial charge in [-0.25, -0.2) is 0 Å². The minimum atomic E-state index is -0.133. The molecule has 0 aliphatic carbocycles. The van der Waals surface area contributed by atoms with E-state index in [1.807, 2.05) is 13.0 Å². The quantitative estimate of drug-likeness (QED) is 0.656. The first-order valence-electron chi connectivity index (χ1n) is 6.59. The van der Waals surface area contributed by atoms with Crippen molar-refractivity contribution >= 4 is 11.8 Å². The smallest absolute Gasteiger partial charge is 0.191 e. The largest absolute Gasteiger partial charge is 0.322 e. The van der Waals surface area contributed by atoms with Crippen LogP contribution in [-0.2, 0) is 6.54 Å². The van der Waals surface area contributed by atoms with E-state index in [9.17, 15) is 0 Å². The summed E-state index contributed by atoms with van der Waals surface area (Å²) >= 11 is 1.62. The van der Waals surface area contributed by atoms with E-state index < -0.39 is 0 Å². The van der Waals surface area contributed by atoms with E-state index in [-0.39, 0.29) is 6.04 Å². The molecule has 0 aliphatic rings. The van der Waals surface area contributed by atoms with Gasteiger partial charge in [0.15, 0.2) is 11.0 Å². The fourth-order valence-corrected chi connectivity index (χ4v) is 2.58. The van der Waals surface area contributed by atoms with Crippen LogP contribution in [0.25, 0.3) is 0 Å². The average Bonchev–Trinajstić information content (AvgIpc) is 2.82. The van der Waals surface area contributed by atoms with E-state index in [1.165, 1.54) is 11.1 Å². The van der Waals surface area contributed by atoms with Gasteiger partial charge < -0.3 is 10.3 Å². The summed E-state index contributed by atoms with van der Waals surface area (Å²) in [5, 5.41) is 9.34. The number of aromatic nitrogens is 3. The molecule has 1 heterocycles. The fourth-order valence-electron chi connectivity index (χ4n) is 1.90. The van der Waals surface area contributed by atoms with Crippen LogP contribution >= 0.6 is 11.8 Å². The normalized spacial score (nSPS) is 12.3. The third kappa shape index (κ3) is 3.49. The molecule has 20 heavy (non-hydrogen) atoms. The molecule has 4 nitrogen and oxygen atoms in total. The first kappa shape index (κ1) is 14.8. The molecule has 0 radical (unpaired) electrons. The summed E-state index contributed by atoms with van der Waals surface area (Å²) in [7, 11) is 0. The summed E-state index contributed by atoms with van der Waals surface area (Å²) < 4.78 is 2.09. The van der Waals surface area contributed by atoms with Crippen molar-refractivity contribution in [1.82, 2.24) is 14.8 Å². The third-order valence-corrected chi connectivity index (χ3v) is 3.91. The minimum Gasteiger partial charge on any atom is -0.322 e. The highest BCUT2D eigenvalue weighted by Crippen LogP contribution is 2.21. The maximum atomic E-state index is 5.98. The number of thioether (sulfide) groups is 1. The highest BCUT2D eigenvalue weighted by Gasteiger charge is 2.15. The standard InChI is InChI=1S/C15H20N4S/c1-4-9-20-15-18-17-14(12(3)16)19(15)10-13-7-5-11(2)6-8-13/h4-8,12H,1,9-10,16H2,2-3H3/t12-/m0/s1. The van der Waals surface area contributed by atoms with Crippen LogP contribution < -0.4 is 5.73 Å². The molecular weight excluding hydrogens is 268 g/mol. The van der Waals surface area contributed by atoms with E-state index in [1.54, 1.807) is 11.8 Å². The van der Waals surface area contributed by atoms with Crippen LogP contribution in [0.15, 0.2) is 42.1 Å². The van der Waals surface area contributed by atoms with Crippen molar-refractivity contribution in [3.8, 4) is 0 Å². The Morgan fingerprint density at radius 1 is 1.35 bits per heavy atom. The van der Waals surface area contributed by atoms with Gasteiger partial charge in [0, 0.05) is 5.75 Å². The highest BCUT2D eigenvalue weighted by atomic mass is 32.2. The zero-order chi connectivity index (χ0) is 14.5. The summed E-state index contributed by atoms with van der Waals surface area (Å²) in [6, 6.07) is 8.35. The molecule has 0 aliphatic heterocycles. The Bertz CT molecular complexity index is 572. The van der Waals surface area contributed by atoms with Crippen molar-refractivity contribution in [2.75, 3.05) is 5.75 Å². The van der Waals surface area contributed by atoms with Gasteiger partial charge >= 0.3 is 0 Å². The number of nitrogens with two attached hydrogens (primary N) is 1. The zero-order valence-electron chi connectivity index (χ0n) is 11.9. The first-order chi connectivity index (χ1) is 9.61. The second kappa shape index (κ2) is 6.72. The van der Waals surface area contributed by atoms with E-state index >= 15 is 0 Å². The Hall–Kier alpha value is -1.59. The molecular formula is C15H20N4S. The van der Waals surface area contributed by atoms with Crippen LogP contribution in [0.4, 0.5) is 0 Å². The van der Waals surface area contributed by atoms with Gasteiger partial charge in [-0.05, 0) is 19.4 Å². The van der Waals surface area contributed by atoms with Crippen molar-refractivity contribution in [2.24, 2.45) is 5.73 Å². The molecule has 0 saturated heterocycles. The number of hydrogen-bond donors (Lipinski definition) is 1. The van der Waals surface area contributed by atoms with Gasteiger partial charge in [-0.1, -0.05) is 47.7 Å². The number of nitrogens with zero attached hydrogens (tertiary/aromatic N) is 3. The highest BCUT2D eigenvalue weighted by molar-refractivity contribution is 7.99. The van der Waals surface area contributed by atoms with Gasteiger partial charge in [-0.15, -0.1) is 16.8 Å². The summed E-state index contributed by atoms with van der Waals surface area (Å²) in [5.74, 6) is 1.63. The SMILES string of the molecule is C=CCSc1nnc([C@H](C)N)n1Cc1ccc(C)cc1. The van der Waals surface area contributed by atoms with Crippen molar-refractivity contribution < 1.29 is 0 Å². The van der Waals surface area contributed by atoms with Gasteiger partial charge in [0.2, 0.25) is 0 Å². The van der Waals surface area contributed by atoms with E-state index in [0.29, 0.717) is 0 Å². The third-order valence-electron chi connectivity index (χ3n) is 2.94.